The molecule has 0 bridgehead atoms. The highest BCUT2D eigenvalue weighted by atomic mass is 32.1. The predicted molar refractivity (Wildman–Crippen MR) is 82.8 cm³/mol. The van der Waals surface area contributed by atoms with E-state index in [0.29, 0.717) is 0 Å². The maximum atomic E-state index is 5.53. The molecule has 0 aliphatic carbocycles. The third-order valence-corrected chi connectivity index (χ3v) is 4.66. The minimum Gasteiger partial charge on any atom is -0.385 e. The van der Waals surface area contributed by atoms with Crippen LogP contribution in [0.5, 0.6) is 0 Å². The number of hydrogen-bond donors (Lipinski definition) is 1. The van der Waals surface area contributed by atoms with Crippen LogP contribution >= 0.6 is 11.3 Å². The van der Waals surface area contributed by atoms with Gasteiger partial charge in [0.05, 0.1) is 5.92 Å². The maximum absolute atomic E-state index is 5.53. The average Bonchev–Trinajstić information content (AvgIpc) is 3.19. The SMILES string of the molecule is c1csc(Cc2noc(C3CCNc4ccccc43)n2)c1. The van der Waals surface area contributed by atoms with Crippen LogP contribution in [-0.4, -0.2) is 16.7 Å². The fraction of sp³-hybridized carbons (Fsp3) is 0.250. The molecule has 106 valence electrons. The minimum atomic E-state index is 0.201. The van der Waals surface area contributed by atoms with Gasteiger partial charge in [0.15, 0.2) is 5.82 Å². The van der Waals surface area contributed by atoms with Gasteiger partial charge in [-0.2, -0.15) is 4.98 Å². The third-order valence-electron chi connectivity index (χ3n) is 3.78. The van der Waals surface area contributed by atoms with Crippen molar-refractivity contribution in [3.63, 3.8) is 0 Å². The van der Waals surface area contributed by atoms with Crippen molar-refractivity contribution >= 4 is 17.0 Å². The summed E-state index contributed by atoms with van der Waals surface area (Å²) in [7, 11) is 0. The Kier molecular flexibility index (Phi) is 3.20. The summed E-state index contributed by atoms with van der Waals surface area (Å²) >= 11 is 1.72. The van der Waals surface area contributed by atoms with E-state index in [1.54, 1.807) is 11.3 Å². The Balaban J connectivity index is 1.62. The van der Waals surface area contributed by atoms with Gasteiger partial charge in [0, 0.05) is 23.5 Å². The van der Waals surface area contributed by atoms with E-state index in [-0.39, 0.29) is 5.92 Å². The summed E-state index contributed by atoms with van der Waals surface area (Å²) in [4.78, 5) is 5.87. The van der Waals surface area contributed by atoms with E-state index < -0.39 is 0 Å². The molecule has 0 fully saturated rings. The number of rotatable bonds is 3. The molecule has 0 saturated heterocycles. The number of benzene rings is 1. The standard InChI is InChI=1S/C16H15N3OS/c1-2-6-14-12(5-1)13(7-8-17-14)16-18-15(19-20-16)10-11-4-3-9-21-11/h1-6,9,13,17H,7-8,10H2. The maximum Gasteiger partial charge on any atom is 0.234 e. The summed E-state index contributed by atoms with van der Waals surface area (Å²) in [5.41, 5.74) is 2.42. The molecule has 1 aromatic carbocycles. The molecular formula is C16H15N3OS. The van der Waals surface area contributed by atoms with Crippen LogP contribution in [-0.2, 0) is 6.42 Å². The van der Waals surface area contributed by atoms with Crippen molar-refractivity contribution in [3.05, 3.63) is 63.9 Å². The van der Waals surface area contributed by atoms with Crippen molar-refractivity contribution in [3.8, 4) is 0 Å². The molecular weight excluding hydrogens is 282 g/mol. The summed E-state index contributed by atoms with van der Waals surface area (Å²) in [6.07, 6.45) is 1.73. The van der Waals surface area contributed by atoms with Crippen molar-refractivity contribution in [1.29, 1.82) is 0 Å². The lowest BCUT2D eigenvalue weighted by molar-refractivity contribution is 0.357. The number of nitrogens with zero attached hydrogens (tertiary/aromatic N) is 2. The zero-order valence-electron chi connectivity index (χ0n) is 11.5. The summed E-state index contributed by atoms with van der Waals surface area (Å²) < 4.78 is 5.53. The minimum absolute atomic E-state index is 0.201. The Bertz CT molecular complexity index is 736. The topological polar surface area (TPSA) is 51.0 Å². The first-order valence-corrected chi connectivity index (χ1v) is 7.96. The highest BCUT2D eigenvalue weighted by Crippen LogP contribution is 2.35. The number of nitrogens with one attached hydrogen (secondary N) is 1. The number of thiophene rings is 1. The largest absolute Gasteiger partial charge is 0.385 e. The molecule has 4 rings (SSSR count). The van der Waals surface area contributed by atoms with Gasteiger partial charge < -0.3 is 9.84 Å². The van der Waals surface area contributed by atoms with Crippen molar-refractivity contribution in [2.24, 2.45) is 0 Å². The van der Waals surface area contributed by atoms with Crippen LogP contribution in [0.2, 0.25) is 0 Å². The summed E-state index contributed by atoms with van der Waals surface area (Å²) in [6, 6.07) is 12.5. The molecule has 1 aliphatic heterocycles. The second-order valence-electron chi connectivity index (χ2n) is 5.16. The second-order valence-corrected chi connectivity index (χ2v) is 6.19. The number of aromatic nitrogens is 2. The van der Waals surface area contributed by atoms with Gasteiger partial charge in [-0.15, -0.1) is 11.3 Å². The molecule has 1 N–H and O–H groups in total. The van der Waals surface area contributed by atoms with E-state index in [0.717, 1.165) is 31.1 Å². The van der Waals surface area contributed by atoms with Crippen LogP contribution in [0.1, 0.15) is 34.5 Å². The smallest absolute Gasteiger partial charge is 0.234 e. The van der Waals surface area contributed by atoms with Crippen molar-refractivity contribution in [2.45, 2.75) is 18.8 Å². The lowest BCUT2D eigenvalue weighted by Gasteiger charge is -2.23. The van der Waals surface area contributed by atoms with Gasteiger partial charge in [-0.1, -0.05) is 29.4 Å². The van der Waals surface area contributed by atoms with E-state index in [1.807, 2.05) is 12.1 Å². The highest BCUT2D eigenvalue weighted by molar-refractivity contribution is 7.09. The number of para-hydroxylation sites is 1. The molecule has 0 amide bonds. The van der Waals surface area contributed by atoms with Crippen LogP contribution < -0.4 is 5.32 Å². The van der Waals surface area contributed by atoms with E-state index in [4.69, 9.17) is 4.52 Å². The van der Waals surface area contributed by atoms with E-state index in [9.17, 15) is 0 Å². The molecule has 1 aliphatic rings. The predicted octanol–water partition coefficient (Wildman–Crippen LogP) is 3.67. The molecule has 0 spiro atoms. The van der Waals surface area contributed by atoms with Crippen LogP contribution in [0, 0.1) is 0 Å². The van der Waals surface area contributed by atoms with Crippen molar-refractivity contribution in [1.82, 2.24) is 10.1 Å². The van der Waals surface area contributed by atoms with E-state index >= 15 is 0 Å². The Hall–Kier alpha value is -2.14. The molecule has 21 heavy (non-hydrogen) atoms. The van der Waals surface area contributed by atoms with E-state index in [2.05, 4.69) is 45.1 Å². The van der Waals surface area contributed by atoms with Gasteiger partial charge in [-0.3, -0.25) is 0 Å². The Morgan fingerprint density at radius 1 is 1.24 bits per heavy atom. The van der Waals surface area contributed by atoms with Gasteiger partial charge in [-0.25, -0.2) is 0 Å². The normalized spacial score (nSPS) is 17.2. The highest BCUT2D eigenvalue weighted by Gasteiger charge is 2.26. The Labute approximate surface area is 126 Å². The first kappa shape index (κ1) is 12.6. The molecule has 0 saturated carbocycles. The van der Waals surface area contributed by atoms with Crippen LogP contribution in [0.25, 0.3) is 0 Å². The number of hydrogen-bond acceptors (Lipinski definition) is 5. The first-order valence-electron chi connectivity index (χ1n) is 7.08. The van der Waals surface area contributed by atoms with Gasteiger partial charge in [0.1, 0.15) is 0 Å². The number of anilines is 1. The zero-order chi connectivity index (χ0) is 14.1. The molecule has 4 nitrogen and oxygen atoms in total. The van der Waals surface area contributed by atoms with Crippen molar-refractivity contribution < 1.29 is 4.52 Å². The van der Waals surface area contributed by atoms with Gasteiger partial charge in [0.25, 0.3) is 0 Å². The van der Waals surface area contributed by atoms with Crippen LogP contribution in [0.4, 0.5) is 5.69 Å². The molecule has 5 heteroatoms. The van der Waals surface area contributed by atoms with Gasteiger partial charge in [0.2, 0.25) is 5.89 Å². The molecule has 1 atom stereocenters. The lowest BCUT2D eigenvalue weighted by atomic mass is 9.91. The van der Waals surface area contributed by atoms with Crippen LogP contribution in [0.3, 0.4) is 0 Å². The monoisotopic (exact) mass is 297 g/mol. The lowest BCUT2D eigenvalue weighted by Crippen LogP contribution is -2.17. The Morgan fingerprint density at radius 2 is 2.19 bits per heavy atom. The summed E-state index contributed by atoms with van der Waals surface area (Å²) in [5.74, 6) is 1.70. The molecule has 3 aromatic rings. The Morgan fingerprint density at radius 3 is 3.10 bits per heavy atom. The first-order chi connectivity index (χ1) is 10.4. The average molecular weight is 297 g/mol. The summed E-state index contributed by atoms with van der Waals surface area (Å²) in [6.45, 7) is 0.935. The van der Waals surface area contributed by atoms with Crippen LogP contribution in [0.15, 0.2) is 46.3 Å². The van der Waals surface area contributed by atoms with Crippen molar-refractivity contribution in [2.75, 3.05) is 11.9 Å². The second kappa shape index (κ2) is 5.33. The molecule has 1 unspecified atom stereocenters. The molecule has 0 radical (unpaired) electrons. The number of fused-ring (bicyclic) bond motifs is 1. The fourth-order valence-corrected chi connectivity index (χ4v) is 3.48. The molecule has 3 heterocycles. The summed E-state index contributed by atoms with van der Waals surface area (Å²) in [5, 5.41) is 9.63. The van der Waals surface area contributed by atoms with Gasteiger partial charge >= 0.3 is 0 Å². The fourth-order valence-electron chi connectivity index (χ4n) is 2.77. The van der Waals surface area contributed by atoms with Gasteiger partial charge in [-0.05, 0) is 29.5 Å². The molecule has 2 aromatic heterocycles. The van der Waals surface area contributed by atoms with E-state index in [1.165, 1.54) is 16.1 Å². The quantitative estimate of drug-likeness (QED) is 0.801. The zero-order valence-corrected chi connectivity index (χ0v) is 12.3. The third kappa shape index (κ3) is 2.45.